The van der Waals surface area contributed by atoms with Gasteiger partial charge in [-0.1, -0.05) is 19.4 Å². The minimum Gasteiger partial charge on any atom is -0.790 e. The van der Waals surface area contributed by atoms with Gasteiger partial charge in [0.1, 0.15) is 0 Å². The van der Waals surface area contributed by atoms with Gasteiger partial charge in [-0.2, -0.15) is 0 Å². The second kappa shape index (κ2) is 22.8. The second-order valence-corrected chi connectivity index (χ2v) is 4.95. The van der Waals surface area contributed by atoms with E-state index in [0.29, 0.717) is 0 Å². The summed E-state index contributed by atoms with van der Waals surface area (Å²) in [6, 6.07) is 0. The Balaban J connectivity index is -0.0000000416. The molecule has 0 radical (unpaired) electrons. The summed E-state index contributed by atoms with van der Waals surface area (Å²) < 4.78 is 21.2. The van der Waals surface area contributed by atoms with Crippen molar-refractivity contribution < 1.29 is 156 Å². The standard InChI is InChI=1S/C6H12O.4Na.H4O7P2/c1-2-3-4-5-6-7;;;;;1-8(2,3)7-9(4,5)6/h5-7H,2-4H2,1H3;;;;;(H2,1,2,3)(H2,4,5,6)/q;4*+1;/p-4. The van der Waals surface area contributed by atoms with Gasteiger partial charge >= 0.3 is 118 Å². The van der Waals surface area contributed by atoms with Gasteiger partial charge < -0.3 is 38.1 Å². The molecule has 0 aliphatic carbocycles. The third-order valence-electron chi connectivity index (χ3n) is 1.03. The summed E-state index contributed by atoms with van der Waals surface area (Å²) in [6.07, 6.45) is 6.26. The van der Waals surface area contributed by atoms with Crippen LogP contribution in [0.3, 0.4) is 0 Å². The second-order valence-electron chi connectivity index (χ2n) is 2.50. The van der Waals surface area contributed by atoms with Crippen molar-refractivity contribution in [3.8, 4) is 0 Å². The van der Waals surface area contributed by atoms with Crippen LogP contribution in [-0.4, -0.2) is 5.11 Å². The number of hydrogen-bond acceptors (Lipinski definition) is 8. The summed E-state index contributed by atoms with van der Waals surface area (Å²) >= 11 is 0. The number of rotatable bonds is 5. The van der Waals surface area contributed by atoms with Gasteiger partial charge in [0.2, 0.25) is 0 Å². The molecule has 0 heterocycles. The summed E-state index contributed by atoms with van der Waals surface area (Å²) in [6.45, 7) is 2.13. The maximum absolute atomic E-state index is 9.32. The van der Waals surface area contributed by atoms with Gasteiger partial charge in [-0.15, -0.1) is 0 Å². The molecule has 0 saturated carbocycles. The van der Waals surface area contributed by atoms with Crippen LogP contribution in [0.4, 0.5) is 0 Å². The van der Waals surface area contributed by atoms with Crippen molar-refractivity contribution in [1.82, 2.24) is 0 Å². The van der Waals surface area contributed by atoms with Crippen LogP contribution in [0.15, 0.2) is 12.3 Å². The van der Waals surface area contributed by atoms with E-state index in [1.165, 1.54) is 12.8 Å². The van der Waals surface area contributed by atoms with E-state index in [2.05, 4.69) is 11.2 Å². The first-order valence-corrected chi connectivity index (χ1v) is 7.09. The Hall–Kier alpha value is 3.80. The van der Waals surface area contributed by atoms with Crippen molar-refractivity contribution in [3.63, 3.8) is 0 Å². The van der Waals surface area contributed by atoms with E-state index in [4.69, 9.17) is 5.11 Å². The number of aliphatic hydroxyl groups is 1. The number of unbranched alkanes of at least 4 members (excludes halogenated alkanes) is 2. The fourth-order valence-corrected chi connectivity index (χ4v) is 1.50. The average Bonchev–Trinajstić information content (AvgIpc) is 1.99. The Bertz CT molecular complexity index is 271. The minimum absolute atomic E-state index is 0. The molecule has 0 atom stereocenters. The molecule has 0 amide bonds. The normalized spacial score (nSPS) is 9.85. The molecule has 0 aliphatic rings. The van der Waals surface area contributed by atoms with E-state index in [1.54, 1.807) is 6.08 Å². The molecule has 0 aromatic carbocycles. The monoisotopic (exact) mass is 366 g/mol. The smallest absolute Gasteiger partial charge is 0.790 e. The first kappa shape index (κ1) is 39.0. The zero-order chi connectivity index (χ0) is 13.2. The maximum Gasteiger partial charge on any atom is 1.00 e. The Labute approximate surface area is 207 Å². The zero-order valence-electron chi connectivity index (χ0n) is 12.5. The number of hydrogen-bond donors (Lipinski definition) is 1. The van der Waals surface area contributed by atoms with Gasteiger partial charge in [0.15, 0.2) is 0 Å². The third kappa shape index (κ3) is 49.5. The molecule has 0 unspecified atom stereocenters. The fourth-order valence-electron chi connectivity index (χ4n) is 0.519. The average molecular weight is 366 g/mol. The van der Waals surface area contributed by atoms with Crippen LogP contribution in [0, 0.1) is 0 Å². The van der Waals surface area contributed by atoms with Gasteiger partial charge in [0.05, 0.1) is 21.9 Å². The zero-order valence-corrected chi connectivity index (χ0v) is 22.3. The Morgan fingerprint density at radius 1 is 1.00 bits per heavy atom. The molecule has 0 aromatic rings. The van der Waals surface area contributed by atoms with E-state index in [1.807, 2.05) is 0 Å². The summed E-state index contributed by atoms with van der Waals surface area (Å²) in [5, 5.41) is 8.11. The van der Waals surface area contributed by atoms with Gasteiger partial charge in [-0.05, 0) is 12.8 Å². The topological polar surface area (TPSA) is 156 Å². The molecule has 0 spiro atoms. The van der Waals surface area contributed by atoms with Gasteiger partial charge in [0.25, 0.3) is 0 Å². The predicted molar refractivity (Wildman–Crippen MR) is 47.6 cm³/mol. The Kier molecular flexibility index (Phi) is 44.5. The Morgan fingerprint density at radius 3 is 1.50 bits per heavy atom. The molecule has 0 rings (SSSR count). The summed E-state index contributed by atoms with van der Waals surface area (Å²) in [5.74, 6) is 0. The van der Waals surface area contributed by atoms with Crippen molar-refractivity contribution in [2.24, 2.45) is 0 Å². The number of allylic oxidation sites excluding steroid dienone is 1. The molecule has 98 valence electrons. The number of phosphoric acid groups is 2. The summed E-state index contributed by atoms with van der Waals surface area (Å²) in [5.41, 5.74) is 0. The molecule has 20 heavy (non-hydrogen) atoms. The molecular formula is C6H12Na4O8P2. The third-order valence-corrected chi connectivity index (χ3v) is 2.63. The summed E-state index contributed by atoms with van der Waals surface area (Å²) in [7, 11) is -11.4. The molecule has 0 aliphatic heterocycles. The van der Waals surface area contributed by atoms with Crippen molar-refractivity contribution in [2.45, 2.75) is 26.2 Å². The van der Waals surface area contributed by atoms with Gasteiger partial charge in [-0.25, -0.2) is 0 Å². The quantitative estimate of drug-likeness (QED) is 0.218. The van der Waals surface area contributed by atoms with Crippen LogP contribution in [0.2, 0.25) is 0 Å². The SMILES string of the molecule is CCCCC=CO.O=P([O-])([O-])OP(=O)([O-])[O-].[Na+].[Na+].[Na+].[Na+]. The van der Waals surface area contributed by atoms with Crippen molar-refractivity contribution >= 4 is 15.6 Å². The first-order chi connectivity index (χ1) is 7.12. The van der Waals surface area contributed by atoms with Crippen molar-refractivity contribution in [3.05, 3.63) is 12.3 Å². The van der Waals surface area contributed by atoms with Crippen LogP contribution < -0.4 is 138 Å². The predicted octanol–water partition coefficient (Wildman–Crippen LogP) is -13.1. The summed E-state index contributed by atoms with van der Waals surface area (Å²) in [4.78, 5) is 37.3. The maximum atomic E-state index is 9.32. The largest absolute Gasteiger partial charge is 1.00 e. The van der Waals surface area contributed by atoms with Crippen LogP contribution in [0.5, 0.6) is 0 Å². The van der Waals surface area contributed by atoms with Crippen LogP contribution in [0.25, 0.3) is 0 Å². The molecule has 14 heteroatoms. The molecule has 0 fully saturated rings. The van der Waals surface area contributed by atoms with Crippen LogP contribution in [-0.2, 0) is 13.4 Å². The Morgan fingerprint density at radius 2 is 1.35 bits per heavy atom. The van der Waals surface area contributed by atoms with E-state index in [0.717, 1.165) is 12.7 Å². The van der Waals surface area contributed by atoms with Crippen LogP contribution in [0.1, 0.15) is 26.2 Å². The van der Waals surface area contributed by atoms with Gasteiger partial charge in [0, 0.05) is 0 Å². The van der Waals surface area contributed by atoms with E-state index >= 15 is 0 Å². The van der Waals surface area contributed by atoms with E-state index in [-0.39, 0.29) is 118 Å². The molecule has 0 bridgehead atoms. The van der Waals surface area contributed by atoms with E-state index < -0.39 is 15.6 Å². The van der Waals surface area contributed by atoms with Gasteiger partial charge in [-0.3, -0.25) is 0 Å². The van der Waals surface area contributed by atoms with E-state index in [9.17, 15) is 28.7 Å². The molecule has 8 nitrogen and oxygen atoms in total. The minimum atomic E-state index is -5.68. The van der Waals surface area contributed by atoms with Crippen LogP contribution >= 0.6 is 15.6 Å². The fraction of sp³-hybridized carbons (Fsp3) is 0.667. The molecule has 0 aromatic heterocycles. The molecular weight excluding hydrogens is 354 g/mol. The first-order valence-electron chi connectivity index (χ1n) is 4.17. The molecule has 1 N–H and O–H groups in total. The molecule has 0 saturated heterocycles. The van der Waals surface area contributed by atoms with Crippen molar-refractivity contribution in [1.29, 1.82) is 0 Å². The van der Waals surface area contributed by atoms with Crippen molar-refractivity contribution in [2.75, 3.05) is 0 Å². The number of aliphatic hydroxyl groups excluding tert-OH is 1.